The lowest BCUT2D eigenvalue weighted by atomic mass is 10.0. The third-order valence-corrected chi connectivity index (χ3v) is 2.41. The van der Waals surface area contributed by atoms with E-state index < -0.39 is 0 Å². The Balaban J connectivity index is 2.63. The Bertz CT molecular complexity index is 363. The maximum atomic E-state index is 11.4. The van der Waals surface area contributed by atoms with Crippen LogP contribution in [0.4, 0.5) is 0 Å². The second kappa shape index (κ2) is 6.22. The molecule has 0 aromatic heterocycles. The zero-order chi connectivity index (χ0) is 12.8. The highest BCUT2D eigenvalue weighted by molar-refractivity contribution is 5.76. The van der Waals surface area contributed by atoms with E-state index in [4.69, 9.17) is 16.3 Å². The van der Waals surface area contributed by atoms with E-state index in [0.717, 1.165) is 16.3 Å². The summed E-state index contributed by atoms with van der Waals surface area (Å²) in [5.41, 5.74) is 6.81. The molecule has 1 aromatic rings. The van der Waals surface area contributed by atoms with Crippen molar-refractivity contribution in [2.75, 3.05) is 13.7 Å². The molecule has 0 radical (unpaired) electrons. The van der Waals surface area contributed by atoms with Gasteiger partial charge in [-0.15, -0.1) is 0 Å². The number of rotatable bonds is 5. The van der Waals surface area contributed by atoms with Gasteiger partial charge in [0.2, 0.25) is 5.91 Å². The van der Waals surface area contributed by atoms with Gasteiger partial charge >= 0.3 is 0 Å². The van der Waals surface area contributed by atoms with Gasteiger partial charge in [-0.25, -0.2) is 5.84 Å². The first-order valence-corrected chi connectivity index (χ1v) is 5.54. The van der Waals surface area contributed by atoms with E-state index >= 15 is 0 Å². The van der Waals surface area contributed by atoms with Gasteiger partial charge in [0, 0.05) is 19.5 Å². The van der Waals surface area contributed by atoms with Crippen molar-refractivity contribution in [1.29, 1.82) is 0 Å². The normalized spacial score (nSPS) is 12.0. The summed E-state index contributed by atoms with van der Waals surface area (Å²) >= 11 is 0. The Morgan fingerprint density at radius 1 is 1.41 bits per heavy atom. The second-order valence-corrected chi connectivity index (χ2v) is 3.82. The van der Waals surface area contributed by atoms with Crippen molar-refractivity contribution in [2.24, 2.45) is 11.6 Å². The number of ether oxygens (including phenoxy) is 1. The largest absolute Gasteiger partial charge is 0.494 e. The van der Waals surface area contributed by atoms with Crippen molar-refractivity contribution in [3.8, 4) is 5.75 Å². The Morgan fingerprint density at radius 2 is 2.00 bits per heavy atom. The lowest BCUT2D eigenvalue weighted by molar-refractivity contribution is -0.130. The summed E-state index contributed by atoms with van der Waals surface area (Å²) in [5, 5.41) is 1.05. The van der Waals surface area contributed by atoms with Gasteiger partial charge in [0.25, 0.3) is 0 Å². The lowest BCUT2D eigenvalue weighted by Crippen LogP contribution is -2.35. The van der Waals surface area contributed by atoms with Gasteiger partial charge in [-0.3, -0.25) is 9.80 Å². The monoisotopic (exact) mass is 237 g/mol. The molecular formula is C12H19N3O2. The van der Waals surface area contributed by atoms with E-state index in [0.29, 0.717) is 6.61 Å². The highest BCUT2D eigenvalue weighted by atomic mass is 16.5. The molecule has 17 heavy (non-hydrogen) atoms. The van der Waals surface area contributed by atoms with Gasteiger partial charge in [0.05, 0.1) is 6.61 Å². The standard InChI is InChI=1S/C12H19N3O2/c1-3-17-10-6-4-9(5-7-10)11(13)8-12(16)15(2)14/h4-7,11H,3,8,13-14H2,1-2H3. The minimum Gasteiger partial charge on any atom is -0.494 e. The number of nitrogens with zero attached hydrogens (tertiary/aromatic N) is 1. The summed E-state index contributed by atoms with van der Waals surface area (Å²) in [6.07, 6.45) is 0.195. The smallest absolute Gasteiger partial charge is 0.238 e. The zero-order valence-corrected chi connectivity index (χ0v) is 10.2. The number of hydrogen-bond donors (Lipinski definition) is 2. The number of carbonyl (C=O) groups is 1. The van der Waals surface area contributed by atoms with Gasteiger partial charge in [0.15, 0.2) is 0 Å². The molecule has 1 rings (SSSR count). The summed E-state index contributed by atoms with van der Waals surface area (Å²) in [6, 6.07) is 7.06. The molecule has 0 spiro atoms. The molecule has 5 nitrogen and oxygen atoms in total. The number of amides is 1. The Hall–Kier alpha value is -1.59. The van der Waals surface area contributed by atoms with Crippen molar-refractivity contribution < 1.29 is 9.53 Å². The number of nitrogens with two attached hydrogens (primary N) is 2. The molecule has 0 aliphatic heterocycles. The van der Waals surface area contributed by atoms with E-state index in [2.05, 4.69) is 0 Å². The van der Waals surface area contributed by atoms with Crippen LogP contribution in [0, 0.1) is 0 Å². The molecule has 0 aliphatic rings. The van der Waals surface area contributed by atoms with Crippen LogP contribution in [-0.2, 0) is 4.79 Å². The topological polar surface area (TPSA) is 81.6 Å². The second-order valence-electron chi connectivity index (χ2n) is 3.82. The van der Waals surface area contributed by atoms with Crippen molar-refractivity contribution >= 4 is 5.91 Å². The molecular weight excluding hydrogens is 218 g/mol. The van der Waals surface area contributed by atoms with Gasteiger partial charge in [-0.2, -0.15) is 0 Å². The number of carbonyl (C=O) groups excluding carboxylic acids is 1. The van der Waals surface area contributed by atoms with Gasteiger partial charge in [-0.05, 0) is 24.6 Å². The highest BCUT2D eigenvalue weighted by Gasteiger charge is 2.13. The summed E-state index contributed by atoms with van der Waals surface area (Å²) in [5.74, 6) is 5.94. The first kappa shape index (κ1) is 13.5. The number of hydrazine groups is 1. The molecule has 94 valence electrons. The van der Waals surface area contributed by atoms with E-state index in [9.17, 15) is 4.79 Å². The van der Waals surface area contributed by atoms with Crippen molar-refractivity contribution in [3.63, 3.8) is 0 Å². The zero-order valence-electron chi connectivity index (χ0n) is 10.2. The first-order valence-electron chi connectivity index (χ1n) is 5.54. The first-order chi connectivity index (χ1) is 8.04. The van der Waals surface area contributed by atoms with Crippen molar-refractivity contribution in [3.05, 3.63) is 29.8 Å². The highest BCUT2D eigenvalue weighted by Crippen LogP contribution is 2.18. The van der Waals surface area contributed by atoms with Crippen LogP contribution in [0.25, 0.3) is 0 Å². The fraction of sp³-hybridized carbons (Fsp3) is 0.417. The van der Waals surface area contributed by atoms with Crippen molar-refractivity contribution in [1.82, 2.24) is 5.01 Å². The Kier molecular flexibility index (Phi) is 4.93. The van der Waals surface area contributed by atoms with Crippen LogP contribution in [0.5, 0.6) is 5.75 Å². The average molecular weight is 237 g/mol. The summed E-state index contributed by atoms with van der Waals surface area (Å²) in [6.45, 7) is 2.55. The fourth-order valence-electron chi connectivity index (χ4n) is 1.43. The SMILES string of the molecule is CCOc1ccc(C(N)CC(=O)N(C)N)cc1. The summed E-state index contributed by atoms with van der Waals surface area (Å²) in [4.78, 5) is 11.4. The predicted molar refractivity (Wildman–Crippen MR) is 66.1 cm³/mol. The van der Waals surface area contributed by atoms with Gasteiger partial charge in [-0.1, -0.05) is 12.1 Å². The molecule has 0 bridgehead atoms. The molecule has 1 aromatic carbocycles. The molecule has 1 unspecified atom stereocenters. The fourth-order valence-corrected chi connectivity index (χ4v) is 1.43. The molecule has 0 heterocycles. The molecule has 5 heteroatoms. The van der Waals surface area contributed by atoms with Crippen LogP contribution in [0.15, 0.2) is 24.3 Å². The predicted octanol–water partition coefficient (Wildman–Crippen LogP) is 0.807. The van der Waals surface area contributed by atoms with Crippen LogP contribution in [-0.4, -0.2) is 24.6 Å². The minimum absolute atomic E-state index is 0.189. The third kappa shape index (κ3) is 4.05. The quantitative estimate of drug-likeness (QED) is 0.451. The van der Waals surface area contributed by atoms with Crippen LogP contribution < -0.4 is 16.3 Å². The Labute approximate surface area is 101 Å². The molecule has 1 amide bonds. The van der Waals surface area contributed by atoms with Crippen LogP contribution in [0.3, 0.4) is 0 Å². The van der Waals surface area contributed by atoms with E-state index in [-0.39, 0.29) is 18.4 Å². The maximum Gasteiger partial charge on any atom is 0.238 e. The van der Waals surface area contributed by atoms with E-state index in [1.165, 1.54) is 7.05 Å². The third-order valence-electron chi connectivity index (χ3n) is 2.41. The van der Waals surface area contributed by atoms with E-state index in [1.807, 2.05) is 31.2 Å². The number of hydrogen-bond acceptors (Lipinski definition) is 4. The molecule has 1 atom stereocenters. The van der Waals surface area contributed by atoms with Gasteiger partial charge < -0.3 is 10.5 Å². The summed E-state index contributed by atoms with van der Waals surface area (Å²) in [7, 11) is 1.51. The van der Waals surface area contributed by atoms with Crippen LogP contribution in [0.2, 0.25) is 0 Å². The molecule has 0 fully saturated rings. The minimum atomic E-state index is -0.343. The summed E-state index contributed by atoms with van der Waals surface area (Å²) < 4.78 is 5.32. The van der Waals surface area contributed by atoms with Crippen LogP contribution in [0.1, 0.15) is 24.9 Å². The van der Waals surface area contributed by atoms with E-state index in [1.54, 1.807) is 0 Å². The van der Waals surface area contributed by atoms with Gasteiger partial charge in [0.1, 0.15) is 5.75 Å². The van der Waals surface area contributed by atoms with Crippen molar-refractivity contribution in [2.45, 2.75) is 19.4 Å². The Morgan fingerprint density at radius 3 is 2.47 bits per heavy atom. The molecule has 4 N–H and O–H groups in total. The maximum absolute atomic E-state index is 11.4. The lowest BCUT2D eigenvalue weighted by Gasteiger charge is -2.15. The number of benzene rings is 1. The molecule has 0 aliphatic carbocycles. The van der Waals surface area contributed by atoms with Crippen LogP contribution >= 0.6 is 0 Å². The molecule has 0 saturated carbocycles. The average Bonchev–Trinajstić information content (AvgIpc) is 2.30. The molecule has 0 saturated heterocycles.